The van der Waals surface area contributed by atoms with Gasteiger partial charge in [0.25, 0.3) is 0 Å². The summed E-state index contributed by atoms with van der Waals surface area (Å²) in [6.45, 7) is 8.93. The van der Waals surface area contributed by atoms with Crippen LogP contribution in [-0.2, 0) is 11.2 Å². The zero-order valence-electron chi connectivity index (χ0n) is 20.2. The monoisotopic (exact) mass is 453 g/mol. The van der Waals surface area contributed by atoms with Crippen molar-refractivity contribution in [3.8, 4) is 11.5 Å². The lowest BCUT2D eigenvalue weighted by molar-refractivity contribution is 0.175. The van der Waals surface area contributed by atoms with Gasteiger partial charge in [-0.25, -0.2) is 0 Å². The van der Waals surface area contributed by atoms with Crippen molar-refractivity contribution < 1.29 is 19.3 Å². The summed E-state index contributed by atoms with van der Waals surface area (Å²) < 4.78 is 16.9. The first-order valence-electron chi connectivity index (χ1n) is 11.5. The maximum Gasteiger partial charge on any atom is 0.222 e. The van der Waals surface area contributed by atoms with E-state index < -0.39 is 0 Å². The number of fused-ring (bicyclic) bond motifs is 1. The smallest absolute Gasteiger partial charge is 0.222 e. The van der Waals surface area contributed by atoms with E-state index in [0.29, 0.717) is 36.2 Å². The number of aliphatic hydroxyl groups is 1. The van der Waals surface area contributed by atoms with Crippen LogP contribution in [0.3, 0.4) is 0 Å². The molecule has 0 fully saturated rings. The molecule has 3 rings (SSSR count). The number of nitrogens with one attached hydrogen (secondary N) is 2. The second-order valence-corrected chi connectivity index (χ2v) is 8.65. The molecule has 0 radical (unpaired) electrons. The summed E-state index contributed by atoms with van der Waals surface area (Å²) in [6.07, 6.45) is 1.77. The quantitative estimate of drug-likeness (QED) is 0.390. The number of hydrogen-bond donors (Lipinski definition) is 3. The van der Waals surface area contributed by atoms with Crippen molar-refractivity contribution in [1.82, 2.24) is 5.32 Å². The van der Waals surface area contributed by atoms with Crippen LogP contribution in [0, 0.1) is 5.41 Å². The van der Waals surface area contributed by atoms with E-state index in [1.807, 2.05) is 58.0 Å². The number of ether oxygens (including phenoxy) is 3. The second-order valence-electron chi connectivity index (χ2n) is 8.65. The van der Waals surface area contributed by atoms with Crippen LogP contribution in [0.25, 0.3) is 0 Å². The molecule has 3 N–H and O–H groups in total. The van der Waals surface area contributed by atoms with E-state index >= 15 is 0 Å². The minimum absolute atomic E-state index is 0.0572. The molecular formula is C26H35N3O4. The Hall–Kier alpha value is -2.90. The number of amidine groups is 1. The molecule has 2 aromatic rings. The van der Waals surface area contributed by atoms with Crippen LogP contribution in [0.4, 0.5) is 0 Å². The molecule has 178 valence electrons. The van der Waals surface area contributed by atoms with Gasteiger partial charge in [-0.2, -0.15) is 4.99 Å². The molecule has 0 heterocycles. The number of benzene rings is 2. The number of aliphatic hydroxyl groups excluding tert-OH is 1. The van der Waals surface area contributed by atoms with Gasteiger partial charge in [0.1, 0.15) is 0 Å². The first-order chi connectivity index (χ1) is 15.8. The maximum absolute atomic E-state index is 9.63. The highest BCUT2D eigenvalue weighted by molar-refractivity contribution is 6.09. The van der Waals surface area contributed by atoms with Crippen molar-refractivity contribution in [3.63, 3.8) is 0 Å². The van der Waals surface area contributed by atoms with E-state index in [1.54, 1.807) is 7.11 Å². The van der Waals surface area contributed by atoms with Gasteiger partial charge >= 0.3 is 0 Å². The first-order valence-corrected chi connectivity index (χ1v) is 11.5. The zero-order chi connectivity index (χ0) is 24.0. The Balaban J connectivity index is 1.91. The summed E-state index contributed by atoms with van der Waals surface area (Å²) in [7, 11) is 1.55. The van der Waals surface area contributed by atoms with Crippen molar-refractivity contribution in [3.05, 3.63) is 58.7 Å². The van der Waals surface area contributed by atoms with E-state index in [9.17, 15) is 5.11 Å². The summed E-state index contributed by atoms with van der Waals surface area (Å²) in [6, 6.07) is 11.6. The molecule has 1 aliphatic carbocycles. The lowest BCUT2D eigenvalue weighted by Crippen LogP contribution is -2.44. The Labute approximate surface area is 196 Å². The van der Waals surface area contributed by atoms with Crippen molar-refractivity contribution in [2.75, 3.05) is 26.9 Å². The Bertz CT molecular complexity index is 1020. The van der Waals surface area contributed by atoms with Crippen LogP contribution in [-0.4, -0.2) is 49.3 Å². The highest BCUT2D eigenvalue weighted by Crippen LogP contribution is 2.35. The predicted molar refractivity (Wildman–Crippen MR) is 131 cm³/mol. The first kappa shape index (κ1) is 24.7. The fraction of sp³-hybridized carbons (Fsp3) is 0.462. The Morgan fingerprint density at radius 2 is 1.88 bits per heavy atom. The maximum atomic E-state index is 9.63. The minimum atomic E-state index is -0.372. The fourth-order valence-electron chi connectivity index (χ4n) is 4.12. The van der Waals surface area contributed by atoms with Crippen molar-refractivity contribution in [2.45, 2.75) is 52.1 Å². The van der Waals surface area contributed by atoms with E-state index in [0.717, 1.165) is 29.5 Å². The second kappa shape index (κ2) is 10.8. The molecule has 0 amide bonds. The van der Waals surface area contributed by atoms with E-state index in [2.05, 4.69) is 16.4 Å². The van der Waals surface area contributed by atoms with Crippen molar-refractivity contribution in [2.24, 2.45) is 4.99 Å². The predicted octanol–water partition coefficient (Wildman–Crippen LogP) is 4.25. The van der Waals surface area contributed by atoms with Gasteiger partial charge in [0.2, 0.25) is 5.90 Å². The summed E-state index contributed by atoms with van der Waals surface area (Å²) in [5.74, 6) is 1.78. The van der Waals surface area contributed by atoms with Crippen LogP contribution in [0.1, 0.15) is 62.4 Å². The van der Waals surface area contributed by atoms with Crippen LogP contribution >= 0.6 is 0 Å². The van der Waals surface area contributed by atoms with Gasteiger partial charge in [0.05, 0.1) is 26.9 Å². The van der Waals surface area contributed by atoms with Crippen LogP contribution in [0.2, 0.25) is 0 Å². The molecule has 0 bridgehead atoms. The summed E-state index contributed by atoms with van der Waals surface area (Å²) >= 11 is 0. The third-order valence-electron chi connectivity index (χ3n) is 5.68. The highest BCUT2D eigenvalue weighted by Gasteiger charge is 2.30. The Morgan fingerprint density at radius 3 is 2.55 bits per heavy atom. The molecule has 7 heteroatoms. The topological polar surface area (TPSA) is 96.2 Å². The Kier molecular flexibility index (Phi) is 8.10. The molecule has 7 nitrogen and oxygen atoms in total. The number of hydrogen-bond acceptors (Lipinski definition) is 6. The summed E-state index contributed by atoms with van der Waals surface area (Å²) in [4.78, 5) is 4.53. The van der Waals surface area contributed by atoms with Gasteiger partial charge in [0, 0.05) is 22.7 Å². The molecule has 1 unspecified atom stereocenters. The Morgan fingerprint density at radius 1 is 1.15 bits per heavy atom. The third kappa shape index (κ3) is 5.72. The largest absolute Gasteiger partial charge is 0.490 e. The van der Waals surface area contributed by atoms with E-state index in [-0.39, 0.29) is 24.0 Å². The lowest BCUT2D eigenvalue weighted by Gasteiger charge is -2.28. The van der Waals surface area contributed by atoms with Crippen molar-refractivity contribution >= 4 is 11.7 Å². The van der Waals surface area contributed by atoms with Gasteiger partial charge in [-0.15, -0.1) is 0 Å². The molecule has 1 aliphatic rings. The minimum Gasteiger partial charge on any atom is -0.490 e. The normalized spacial score (nSPS) is 15.8. The fourth-order valence-corrected chi connectivity index (χ4v) is 4.12. The molecular weight excluding hydrogens is 418 g/mol. The van der Waals surface area contributed by atoms with Crippen LogP contribution in [0.15, 0.2) is 41.4 Å². The number of aliphatic imine (C=N–C) groups is 1. The zero-order valence-corrected chi connectivity index (χ0v) is 20.2. The van der Waals surface area contributed by atoms with E-state index in [1.165, 1.54) is 0 Å². The van der Waals surface area contributed by atoms with Gasteiger partial charge in [0.15, 0.2) is 17.3 Å². The molecule has 2 aromatic carbocycles. The number of rotatable bonds is 9. The molecule has 0 aliphatic heterocycles. The van der Waals surface area contributed by atoms with Gasteiger partial charge in [-0.05, 0) is 69.9 Å². The molecule has 0 spiro atoms. The van der Waals surface area contributed by atoms with Gasteiger partial charge in [-0.3, -0.25) is 5.41 Å². The van der Waals surface area contributed by atoms with Crippen LogP contribution in [0.5, 0.6) is 11.5 Å². The average molecular weight is 454 g/mol. The molecule has 0 aromatic heterocycles. The lowest BCUT2D eigenvalue weighted by atomic mass is 9.99. The summed E-state index contributed by atoms with van der Waals surface area (Å²) in [5.41, 5.74) is 3.42. The molecule has 1 atom stereocenters. The third-order valence-corrected chi connectivity index (χ3v) is 5.68. The average Bonchev–Trinajstić information content (AvgIpc) is 3.21. The van der Waals surface area contributed by atoms with E-state index in [4.69, 9.17) is 19.6 Å². The van der Waals surface area contributed by atoms with Gasteiger partial charge in [-0.1, -0.05) is 18.2 Å². The van der Waals surface area contributed by atoms with Crippen LogP contribution < -0.4 is 14.8 Å². The molecule has 0 saturated heterocycles. The molecule has 33 heavy (non-hydrogen) atoms. The summed E-state index contributed by atoms with van der Waals surface area (Å²) in [5, 5.41) is 21.9. The highest BCUT2D eigenvalue weighted by atomic mass is 16.5. The molecule has 0 saturated carbocycles. The number of methoxy groups -OCH3 is 1. The number of nitrogens with zero attached hydrogens (tertiary/aromatic N) is 1. The standard InChI is InChI=1S/C26H35N3O4/c1-6-32-22-14-11-17(15-23(22)33-7-2)25(31-5)28-24(27)20-10-8-9-19-18(20)12-13-21(19)29-26(3,4)16-30/h8-11,14-15,21,27,29-30H,6-7,12-13,16H2,1-5H3/b27-24?,28-25-. The SMILES string of the molecule is CCOc1ccc(/C(=N/C(=N)c2cccc3c2CCC3NC(C)(C)CO)OC)cc1OCC. The van der Waals surface area contributed by atoms with Gasteiger partial charge < -0.3 is 24.6 Å². The van der Waals surface area contributed by atoms with Crippen molar-refractivity contribution in [1.29, 1.82) is 5.41 Å².